The number of ether oxygens (including phenoxy) is 2. The van der Waals surface area contributed by atoms with Crippen LogP contribution in [0.15, 0.2) is 46.0 Å². The van der Waals surface area contributed by atoms with Gasteiger partial charge in [-0.25, -0.2) is 4.99 Å². The van der Waals surface area contributed by atoms with Crippen LogP contribution >= 0.6 is 0 Å². The predicted molar refractivity (Wildman–Crippen MR) is 110 cm³/mol. The van der Waals surface area contributed by atoms with Crippen LogP contribution in [-0.2, 0) is 6.54 Å². The Kier molecular flexibility index (Phi) is 7.19. The monoisotopic (exact) mass is 386 g/mol. The summed E-state index contributed by atoms with van der Waals surface area (Å²) in [4.78, 5) is 7.09. The van der Waals surface area contributed by atoms with Gasteiger partial charge in [-0.1, -0.05) is 19.9 Å². The summed E-state index contributed by atoms with van der Waals surface area (Å²) in [6.07, 6.45) is 1.73. The average Bonchev–Trinajstić information content (AvgIpc) is 3.40. The SMILES string of the molecule is CCNC(=NCc1ccc2c(c1)OCO2)NCC(c1ccco1)N(CC)CC. The molecule has 1 aromatic heterocycles. The van der Waals surface area contributed by atoms with Gasteiger partial charge in [0, 0.05) is 13.1 Å². The summed E-state index contributed by atoms with van der Waals surface area (Å²) < 4.78 is 16.5. The lowest BCUT2D eigenvalue weighted by atomic mass is 10.2. The van der Waals surface area contributed by atoms with Crippen molar-refractivity contribution in [1.82, 2.24) is 15.5 Å². The molecule has 0 bridgehead atoms. The van der Waals surface area contributed by atoms with Gasteiger partial charge >= 0.3 is 0 Å². The zero-order valence-electron chi connectivity index (χ0n) is 16.9. The molecule has 1 unspecified atom stereocenters. The first-order chi connectivity index (χ1) is 13.7. The van der Waals surface area contributed by atoms with E-state index in [1.165, 1.54) is 0 Å². The Morgan fingerprint density at radius 1 is 1.11 bits per heavy atom. The molecule has 1 aromatic carbocycles. The molecule has 0 fully saturated rings. The van der Waals surface area contributed by atoms with Gasteiger partial charge in [0.1, 0.15) is 5.76 Å². The Labute approximate surface area is 166 Å². The first-order valence-electron chi connectivity index (χ1n) is 9.93. The molecular weight excluding hydrogens is 356 g/mol. The molecule has 7 nitrogen and oxygen atoms in total. The van der Waals surface area contributed by atoms with Gasteiger partial charge in [0.2, 0.25) is 6.79 Å². The van der Waals surface area contributed by atoms with Crippen LogP contribution in [0.25, 0.3) is 0 Å². The third-order valence-electron chi connectivity index (χ3n) is 4.79. The van der Waals surface area contributed by atoms with Gasteiger partial charge in [-0.05, 0) is 49.8 Å². The predicted octanol–water partition coefficient (Wildman–Crippen LogP) is 3.15. The molecule has 1 atom stereocenters. The van der Waals surface area contributed by atoms with E-state index in [4.69, 9.17) is 18.9 Å². The maximum absolute atomic E-state index is 5.68. The number of hydrogen-bond acceptors (Lipinski definition) is 5. The molecule has 0 spiro atoms. The highest BCUT2D eigenvalue weighted by atomic mass is 16.7. The molecule has 2 aromatic rings. The molecule has 2 N–H and O–H groups in total. The summed E-state index contributed by atoms with van der Waals surface area (Å²) >= 11 is 0. The largest absolute Gasteiger partial charge is 0.468 e. The molecule has 0 amide bonds. The van der Waals surface area contributed by atoms with Crippen LogP contribution in [0.2, 0.25) is 0 Å². The molecule has 0 saturated carbocycles. The van der Waals surface area contributed by atoms with E-state index in [0.717, 1.165) is 48.4 Å². The number of nitrogens with one attached hydrogen (secondary N) is 2. The third kappa shape index (κ3) is 4.98. The molecule has 1 aliphatic heterocycles. The average molecular weight is 386 g/mol. The molecule has 152 valence electrons. The number of hydrogen-bond donors (Lipinski definition) is 2. The Balaban J connectivity index is 1.66. The Morgan fingerprint density at radius 2 is 1.93 bits per heavy atom. The van der Waals surface area contributed by atoms with Gasteiger partial charge in [0.15, 0.2) is 17.5 Å². The number of likely N-dealkylation sites (N-methyl/N-ethyl adjacent to an activating group) is 1. The van der Waals surface area contributed by atoms with Gasteiger partial charge in [-0.3, -0.25) is 4.90 Å². The van der Waals surface area contributed by atoms with Crippen LogP contribution in [0, 0.1) is 0 Å². The van der Waals surface area contributed by atoms with Crippen molar-refractivity contribution < 1.29 is 13.9 Å². The van der Waals surface area contributed by atoms with Crippen molar-refractivity contribution in [3.8, 4) is 11.5 Å². The van der Waals surface area contributed by atoms with E-state index in [9.17, 15) is 0 Å². The smallest absolute Gasteiger partial charge is 0.231 e. The van der Waals surface area contributed by atoms with E-state index >= 15 is 0 Å². The van der Waals surface area contributed by atoms with Gasteiger partial charge in [-0.2, -0.15) is 0 Å². The summed E-state index contributed by atoms with van der Waals surface area (Å²) in [5.41, 5.74) is 1.08. The summed E-state index contributed by atoms with van der Waals surface area (Å²) in [5, 5.41) is 6.78. The number of aliphatic imine (C=N–C) groups is 1. The molecular formula is C21H30N4O3. The van der Waals surface area contributed by atoms with E-state index in [1.807, 2.05) is 30.3 Å². The summed E-state index contributed by atoms with van der Waals surface area (Å²) in [6, 6.07) is 10.0. The molecule has 7 heteroatoms. The van der Waals surface area contributed by atoms with Crippen molar-refractivity contribution >= 4 is 5.96 Å². The maximum atomic E-state index is 5.68. The van der Waals surface area contributed by atoms with Gasteiger partial charge in [0.05, 0.1) is 18.8 Å². The van der Waals surface area contributed by atoms with E-state index in [2.05, 4.69) is 36.3 Å². The molecule has 1 aliphatic rings. The van der Waals surface area contributed by atoms with E-state index in [-0.39, 0.29) is 12.8 Å². The normalized spacial score (nSPS) is 14.4. The lowest BCUT2D eigenvalue weighted by Crippen LogP contribution is -2.43. The number of furan rings is 1. The maximum Gasteiger partial charge on any atom is 0.231 e. The standard InChI is InChI=1S/C21H30N4O3/c1-4-22-21(23-13-16-9-10-19-20(12-16)28-15-27-19)24-14-17(25(5-2)6-3)18-8-7-11-26-18/h7-12,17H,4-6,13-15H2,1-3H3,(H2,22,23,24). The first kappa shape index (κ1) is 20.1. The van der Waals surface area contributed by atoms with E-state index < -0.39 is 0 Å². The zero-order chi connectivity index (χ0) is 19.8. The first-order valence-corrected chi connectivity index (χ1v) is 9.93. The summed E-state index contributed by atoms with van der Waals surface area (Å²) in [5.74, 6) is 3.31. The van der Waals surface area contributed by atoms with Crippen LogP contribution in [0.3, 0.4) is 0 Å². The highest BCUT2D eigenvalue weighted by molar-refractivity contribution is 5.79. The summed E-state index contributed by atoms with van der Waals surface area (Å²) in [6.45, 7) is 10.6. The highest BCUT2D eigenvalue weighted by Gasteiger charge is 2.21. The second kappa shape index (κ2) is 10.0. The highest BCUT2D eigenvalue weighted by Crippen LogP contribution is 2.32. The fourth-order valence-electron chi connectivity index (χ4n) is 3.30. The topological polar surface area (TPSA) is 71.3 Å². The van der Waals surface area contributed by atoms with Crippen LogP contribution in [0.1, 0.15) is 38.1 Å². The van der Waals surface area contributed by atoms with Crippen molar-refractivity contribution in [2.75, 3.05) is 33.0 Å². The minimum atomic E-state index is 0.152. The molecule has 2 heterocycles. The van der Waals surface area contributed by atoms with Gasteiger partial charge in [0.25, 0.3) is 0 Å². The Morgan fingerprint density at radius 3 is 2.64 bits per heavy atom. The minimum absolute atomic E-state index is 0.152. The quantitative estimate of drug-likeness (QED) is 0.510. The molecule has 0 radical (unpaired) electrons. The van der Waals surface area contributed by atoms with Crippen LogP contribution < -0.4 is 20.1 Å². The Hall–Kier alpha value is -2.67. The minimum Gasteiger partial charge on any atom is -0.468 e. The third-order valence-corrected chi connectivity index (χ3v) is 4.79. The molecule has 3 rings (SSSR count). The Bertz CT molecular complexity index is 757. The second-order valence-electron chi connectivity index (χ2n) is 6.52. The zero-order valence-corrected chi connectivity index (χ0v) is 16.9. The van der Waals surface area contributed by atoms with Crippen molar-refractivity contribution in [2.24, 2.45) is 4.99 Å². The second-order valence-corrected chi connectivity index (χ2v) is 6.52. The van der Waals surface area contributed by atoms with Gasteiger partial charge < -0.3 is 24.5 Å². The van der Waals surface area contributed by atoms with Crippen LogP contribution in [0.5, 0.6) is 11.5 Å². The van der Waals surface area contributed by atoms with Crippen LogP contribution in [0.4, 0.5) is 0 Å². The fraction of sp³-hybridized carbons (Fsp3) is 0.476. The number of rotatable bonds is 9. The van der Waals surface area contributed by atoms with Gasteiger partial charge in [-0.15, -0.1) is 0 Å². The molecule has 28 heavy (non-hydrogen) atoms. The van der Waals surface area contributed by atoms with E-state index in [0.29, 0.717) is 13.1 Å². The summed E-state index contributed by atoms with van der Waals surface area (Å²) in [7, 11) is 0. The number of fused-ring (bicyclic) bond motifs is 1. The van der Waals surface area contributed by atoms with E-state index in [1.54, 1.807) is 6.26 Å². The number of benzene rings is 1. The number of nitrogens with zero attached hydrogens (tertiary/aromatic N) is 2. The van der Waals surface area contributed by atoms with Crippen molar-refractivity contribution in [2.45, 2.75) is 33.4 Å². The fourth-order valence-corrected chi connectivity index (χ4v) is 3.30. The lowest BCUT2D eigenvalue weighted by molar-refractivity contribution is 0.174. The van der Waals surface area contributed by atoms with Crippen LogP contribution in [-0.4, -0.2) is 43.8 Å². The number of guanidine groups is 1. The van der Waals surface area contributed by atoms with Crippen molar-refractivity contribution in [3.05, 3.63) is 47.9 Å². The van der Waals surface area contributed by atoms with Crippen molar-refractivity contribution in [1.29, 1.82) is 0 Å². The molecule has 0 aliphatic carbocycles. The lowest BCUT2D eigenvalue weighted by Gasteiger charge is -2.28. The molecule has 0 saturated heterocycles. The van der Waals surface area contributed by atoms with Crippen molar-refractivity contribution in [3.63, 3.8) is 0 Å².